The van der Waals surface area contributed by atoms with E-state index in [0.717, 1.165) is 79.7 Å². The van der Waals surface area contributed by atoms with Crippen molar-refractivity contribution in [3.8, 4) is 17.2 Å². The minimum absolute atomic E-state index is 0.00381. The van der Waals surface area contributed by atoms with Crippen LogP contribution in [0.15, 0.2) is 66.7 Å². The van der Waals surface area contributed by atoms with E-state index < -0.39 is 0 Å². The van der Waals surface area contributed by atoms with Gasteiger partial charge in [-0.15, -0.1) is 0 Å². The van der Waals surface area contributed by atoms with Crippen molar-refractivity contribution in [3.63, 3.8) is 0 Å². The second-order valence-electron chi connectivity index (χ2n) is 11.4. The summed E-state index contributed by atoms with van der Waals surface area (Å²) in [4.78, 5) is 2.38. The van der Waals surface area contributed by atoms with Crippen molar-refractivity contribution in [2.75, 3.05) is 78.8 Å². The molecule has 0 radical (unpaired) electrons. The molecule has 0 unspecified atom stereocenters. The monoisotopic (exact) mass is 620 g/mol. The smallest absolute Gasteiger partial charge is 0.142 e. The molecule has 0 amide bonds. The summed E-state index contributed by atoms with van der Waals surface area (Å²) >= 11 is 0. The zero-order valence-corrected chi connectivity index (χ0v) is 26.9. The highest BCUT2D eigenvalue weighted by Crippen LogP contribution is 2.35. The number of nitrogens with one attached hydrogen (secondary N) is 1. The van der Waals surface area contributed by atoms with Crippen LogP contribution in [-0.2, 0) is 32.2 Å². The van der Waals surface area contributed by atoms with Gasteiger partial charge in [-0.25, -0.2) is 0 Å². The lowest BCUT2D eigenvalue weighted by Crippen LogP contribution is -2.50. The van der Waals surface area contributed by atoms with Crippen LogP contribution in [0.25, 0.3) is 0 Å². The Hall–Kier alpha value is -3.34. The lowest BCUT2D eigenvalue weighted by atomic mass is 9.85. The third kappa shape index (κ3) is 9.11. The first-order valence-electron chi connectivity index (χ1n) is 16.0. The van der Waals surface area contributed by atoms with E-state index in [-0.39, 0.29) is 18.1 Å². The van der Waals surface area contributed by atoms with E-state index in [4.69, 9.17) is 33.2 Å². The Kier molecular flexibility index (Phi) is 12.8. The third-order valence-electron chi connectivity index (χ3n) is 8.44. The van der Waals surface area contributed by atoms with Crippen LogP contribution < -0.4 is 24.4 Å². The molecule has 5 rings (SSSR count). The molecule has 3 aromatic rings. The second-order valence-corrected chi connectivity index (χ2v) is 11.4. The summed E-state index contributed by atoms with van der Waals surface area (Å²) in [6, 6.07) is 22.6. The Morgan fingerprint density at radius 1 is 0.867 bits per heavy atom. The van der Waals surface area contributed by atoms with Gasteiger partial charge in [0.2, 0.25) is 0 Å². The van der Waals surface area contributed by atoms with E-state index >= 15 is 0 Å². The Balaban J connectivity index is 1.13. The van der Waals surface area contributed by atoms with E-state index in [1.165, 1.54) is 5.56 Å². The first-order valence-corrected chi connectivity index (χ1v) is 16.0. The van der Waals surface area contributed by atoms with Crippen molar-refractivity contribution < 1.29 is 33.2 Å². The highest BCUT2D eigenvalue weighted by Gasteiger charge is 2.35. The molecule has 0 aromatic heterocycles. The lowest BCUT2D eigenvalue weighted by Gasteiger charge is -2.38. The highest BCUT2D eigenvalue weighted by atomic mass is 16.5. The largest absolute Gasteiger partial charge is 0.496 e. The van der Waals surface area contributed by atoms with Crippen LogP contribution in [0.4, 0.5) is 5.69 Å². The molecule has 2 heterocycles. The van der Waals surface area contributed by atoms with Crippen LogP contribution >= 0.6 is 0 Å². The summed E-state index contributed by atoms with van der Waals surface area (Å²) in [7, 11) is 5.20. The van der Waals surface area contributed by atoms with Gasteiger partial charge in [-0.1, -0.05) is 36.4 Å². The average Bonchev–Trinajstić information content (AvgIpc) is 3.09. The molecule has 0 aliphatic carbocycles. The SMILES string of the molecule is COCCCN1CCOc2ccc(CO[C@H]3CNC[C@@H](OC)[C@@H]3c3ccc(OCCCOCc4ccccc4OC)cc3)cc21. The number of anilines is 1. The number of benzene rings is 3. The van der Waals surface area contributed by atoms with Crippen LogP contribution in [-0.4, -0.2) is 86.1 Å². The maximum absolute atomic E-state index is 6.60. The maximum atomic E-state index is 6.60. The van der Waals surface area contributed by atoms with Gasteiger partial charge in [-0.05, 0) is 47.9 Å². The molecule has 0 spiro atoms. The van der Waals surface area contributed by atoms with Crippen LogP contribution in [0.3, 0.4) is 0 Å². The van der Waals surface area contributed by atoms with Gasteiger partial charge in [0.15, 0.2) is 0 Å². The van der Waals surface area contributed by atoms with E-state index in [1.54, 1.807) is 21.3 Å². The van der Waals surface area contributed by atoms with Gasteiger partial charge in [0.05, 0.1) is 58.0 Å². The number of para-hydroxylation sites is 1. The predicted molar refractivity (Wildman–Crippen MR) is 175 cm³/mol. The van der Waals surface area contributed by atoms with E-state index in [9.17, 15) is 0 Å². The highest BCUT2D eigenvalue weighted by molar-refractivity contribution is 5.61. The van der Waals surface area contributed by atoms with Crippen molar-refractivity contribution in [2.45, 2.75) is 44.2 Å². The maximum Gasteiger partial charge on any atom is 0.142 e. The predicted octanol–water partition coefficient (Wildman–Crippen LogP) is 5.20. The molecular weight excluding hydrogens is 572 g/mol. The Labute approximate surface area is 267 Å². The second kappa shape index (κ2) is 17.4. The molecular formula is C36H48N2O7. The zero-order valence-electron chi connectivity index (χ0n) is 26.9. The first-order chi connectivity index (χ1) is 22.2. The van der Waals surface area contributed by atoms with Crippen molar-refractivity contribution in [1.29, 1.82) is 0 Å². The Bertz CT molecular complexity index is 1300. The Morgan fingerprint density at radius 2 is 1.71 bits per heavy atom. The molecule has 0 bridgehead atoms. The summed E-state index contributed by atoms with van der Waals surface area (Å²) < 4.78 is 41.0. The van der Waals surface area contributed by atoms with Crippen LogP contribution in [0.5, 0.6) is 17.2 Å². The number of hydrogen-bond acceptors (Lipinski definition) is 9. The quantitative estimate of drug-likeness (QED) is 0.205. The molecule has 9 heteroatoms. The number of nitrogens with zero attached hydrogens (tertiary/aromatic N) is 1. The molecule has 0 saturated carbocycles. The molecule has 45 heavy (non-hydrogen) atoms. The molecule has 244 valence electrons. The van der Waals surface area contributed by atoms with E-state index in [0.29, 0.717) is 33.0 Å². The lowest BCUT2D eigenvalue weighted by molar-refractivity contribution is -0.0463. The fraction of sp³-hybridized carbons (Fsp3) is 0.500. The standard InChI is InChI=1S/C36H48N2O7/c1-39-18-6-16-38-17-21-44-33-15-10-27(22-31(33)38)25-45-35-24-37-23-34(41-3)36(35)28-11-13-30(14-12-28)43-20-7-19-42-26-29-8-4-5-9-32(29)40-2/h4-5,8-15,22,34-37H,6-7,16-21,23-26H2,1-3H3/t34-,35+,36+/m1/s1. The van der Waals surface area contributed by atoms with Gasteiger partial charge in [-0.3, -0.25) is 0 Å². The van der Waals surface area contributed by atoms with Crippen molar-refractivity contribution in [2.24, 2.45) is 0 Å². The Morgan fingerprint density at radius 3 is 2.53 bits per heavy atom. The van der Waals surface area contributed by atoms with Crippen LogP contribution in [0.1, 0.15) is 35.4 Å². The topological polar surface area (TPSA) is 79.9 Å². The molecule has 2 aliphatic heterocycles. The normalized spacial score (nSPS) is 19.5. The molecule has 1 N–H and O–H groups in total. The minimum Gasteiger partial charge on any atom is -0.496 e. The van der Waals surface area contributed by atoms with Crippen molar-refractivity contribution in [1.82, 2.24) is 5.32 Å². The van der Waals surface area contributed by atoms with Gasteiger partial charge in [-0.2, -0.15) is 0 Å². The number of methoxy groups -OCH3 is 3. The number of hydrogen-bond donors (Lipinski definition) is 1. The molecule has 3 atom stereocenters. The summed E-state index contributed by atoms with van der Waals surface area (Å²) in [5.41, 5.74) is 4.49. The first kappa shape index (κ1) is 33.0. The molecule has 2 aliphatic rings. The van der Waals surface area contributed by atoms with Gasteiger partial charge >= 0.3 is 0 Å². The van der Waals surface area contributed by atoms with E-state index in [1.807, 2.05) is 36.4 Å². The fourth-order valence-electron chi connectivity index (χ4n) is 6.07. The van der Waals surface area contributed by atoms with Crippen molar-refractivity contribution in [3.05, 3.63) is 83.4 Å². The summed E-state index contributed by atoms with van der Waals surface area (Å²) in [6.07, 6.45) is 1.74. The molecule has 1 fully saturated rings. The van der Waals surface area contributed by atoms with Gasteiger partial charge in [0.25, 0.3) is 0 Å². The molecule has 3 aromatic carbocycles. The summed E-state index contributed by atoms with van der Waals surface area (Å²) in [5.74, 6) is 2.72. The number of ether oxygens (including phenoxy) is 7. The van der Waals surface area contributed by atoms with E-state index in [2.05, 4.69) is 40.5 Å². The number of piperidine rings is 1. The zero-order chi connectivity index (χ0) is 31.3. The third-order valence-corrected chi connectivity index (χ3v) is 8.44. The van der Waals surface area contributed by atoms with Gasteiger partial charge in [0, 0.05) is 58.4 Å². The molecule has 9 nitrogen and oxygen atoms in total. The van der Waals surface area contributed by atoms with Crippen LogP contribution in [0.2, 0.25) is 0 Å². The summed E-state index contributed by atoms with van der Waals surface area (Å²) in [6.45, 7) is 7.04. The van der Waals surface area contributed by atoms with Crippen molar-refractivity contribution >= 4 is 5.69 Å². The average molecular weight is 621 g/mol. The summed E-state index contributed by atoms with van der Waals surface area (Å²) in [5, 5.41) is 3.50. The van der Waals surface area contributed by atoms with Gasteiger partial charge < -0.3 is 43.4 Å². The van der Waals surface area contributed by atoms with Crippen LogP contribution in [0, 0.1) is 0 Å². The number of rotatable bonds is 17. The number of fused-ring (bicyclic) bond motifs is 1. The molecule has 1 saturated heterocycles. The van der Waals surface area contributed by atoms with Gasteiger partial charge in [0.1, 0.15) is 23.9 Å². The minimum atomic E-state index is -0.0408. The fourth-order valence-corrected chi connectivity index (χ4v) is 6.07.